The molecule has 1 amide bonds. The molecule has 0 aliphatic heterocycles. The smallest absolute Gasteiger partial charge is 0.407 e. The minimum atomic E-state index is -0.413. The van der Waals surface area contributed by atoms with Crippen molar-refractivity contribution in [2.45, 2.75) is 71.9 Å². The number of rotatable bonds is 3. The van der Waals surface area contributed by atoms with Crippen LogP contribution in [0.3, 0.4) is 0 Å². The van der Waals surface area contributed by atoms with Crippen molar-refractivity contribution < 1.29 is 9.53 Å². The topological polar surface area (TPSA) is 38.3 Å². The molecule has 0 bridgehead atoms. The standard InChI is InChI=1S/C13H25NO2/c1-10(9-13(5)7-6-8-13)14-11(15)16-12(2,3)4/h10H,6-9H2,1-5H3,(H,14,15)/t10-/m0/s1. The number of hydrogen-bond acceptors (Lipinski definition) is 2. The predicted molar refractivity (Wildman–Crippen MR) is 65.4 cm³/mol. The molecular formula is C13H25NO2. The molecule has 0 aromatic carbocycles. The molecule has 1 aliphatic rings. The third-order valence-corrected chi connectivity index (χ3v) is 3.12. The van der Waals surface area contributed by atoms with E-state index in [0.717, 1.165) is 6.42 Å². The quantitative estimate of drug-likeness (QED) is 0.801. The Labute approximate surface area is 98.9 Å². The first kappa shape index (κ1) is 13.3. The van der Waals surface area contributed by atoms with Crippen LogP contribution in [-0.4, -0.2) is 17.7 Å². The average Bonchev–Trinajstić information content (AvgIpc) is 1.96. The molecule has 1 atom stereocenters. The normalized spacial score (nSPS) is 20.8. The van der Waals surface area contributed by atoms with Gasteiger partial charge in [0.1, 0.15) is 5.60 Å². The van der Waals surface area contributed by atoms with Gasteiger partial charge < -0.3 is 10.1 Å². The van der Waals surface area contributed by atoms with Crippen molar-refractivity contribution in [3.8, 4) is 0 Å². The molecule has 0 aromatic rings. The summed E-state index contributed by atoms with van der Waals surface area (Å²) in [4.78, 5) is 11.5. The summed E-state index contributed by atoms with van der Waals surface area (Å²) in [6.07, 6.45) is 4.64. The summed E-state index contributed by atoms with van der Waals surface area (Å²) in [5.74, 6) is 0. The van der Waals surface area contributed by atoms with Gasteiger partial charge in [-0.05, 0) is 52.4 Å². The molecule has 1 N–H and O–H groups in total. The van der Waals surface area contributed by atoms with E-state index in [1.807, 2.05) is 27.7 Å². The number of carbonyl (C=O) groups is 1. The van der Waals surface area contributed by atoms with E-state index in [1.165, 1.54) is 19.3 Å². The first-order valence-corrected chi connectivity index (χ1v) is 6.20. The van der Waals surface area contributed by atoms with Gasteiger partial charge in [-0.15, -0.1) is 0 Å². The van der Waals surface area contributed by atoms with Gasteiger partial charge in [0, 0.05) is 6.04 Å². The van der Waals surface area contributed by atoms with Gasteiger partial charge in [-0.3, -0.25) is 0 Å². The van der Waals surface area contributed by atoms with Crippen LogP contribution in [0.4, 0.5) is 4.79 Å². The summed E-state index contributed by atoms with van der Waals surface area (Å²) in [5, 5.41) is 2.90. The Balaban J connectivity index is 2.28. The van der Waals surface area contributed by atoms with Crippen LogP contribution >= 0.6 is 0 Å². The van der Waals surface area contributed by atoms with E-state index in [2.05, 4.69) is 12.2 Å². The highest BCUT2D eigenvalue weighted by atomic mass is 16.6. The zero-order valence-electron chi connectivity index (χ0n) is 11.2. The van der Waals surface area contributed by atoms with Crippen LogP contribution in [0, 0.1) is 5.41 Å². The molecule has 0 aromatic heterocycles. The maximum absolute atomic E-state index is 11.5. The molecule has 0 spiro atoms. The predicted octanol–water partition coefficient (Wildman–Crippen LogP) is 3.48. The minimum Gasteiger partial charge on any atom is -0.444 e. The molecule has 0 heterocycles. The van der Waals surface area contributed by atoms with Gasteiger partial charge in [-0.1, -0.05) is 13.3 Å². The molecule has 1 saturated carbocycles. The Hall–Kier alpha value is -0.730. The Morgan fingerprint density at radius 1 is 1.44 bits per heavy atom. The Bertz CT molecular complexity index is 251. The molecule has 94 valence electrons. The van der Waals surface area contributed by atoms with E-state index >= 15 is 0 Å². The lowest BCUT2D eigenvalue weighted by atomic mass is 9.67. The zero-order chi connectivity index (χ0) is 12.4. The molecule has 3 heteroatoms. The molecular weight excluding hydrogens is 202 g/mol. The third-order valence-electron chi connectivity index (χ3n) is 3.12. The van der Waals surface area contributed by atoms with Gasteiger partial charge >= 0.3 is 6.09 Å². The van der Waals surface area contributed by atoms with Crippen LogP contribution in [0.25, 0.3) is 0 Å². The molecule has 1 aliphatic carbocycles. The van der Waals surface area contributed by atoms with Crippen LogP contribution in [0.2, 0.25) is 0 Å². The molecule has 0 radical (unpaired) electrons. The van der Waals surface area contributed by atoms with Crippen molar-refractivity contribution in [1.82, 2.24) is 5.32 Å². The average molecular weight is 227 g/mol. The monoisotopic (exact) mass is 227 g/mol. The largest absolute Gasteiger partial charge is 0.444 e. The second-order valence-electron chi connectivity index (χ2n) is 6.42. The zero-order valence-corrected chi connectivity index (χ0v) is 11.2. The Morgan fingerprint density at radius 2 is 2.00 bits per heavy atom. The third kappa shape index (κ3) is 4.42. The van der Waals surface area contributed by atoms with E-state index in [0.29, 0.717) is 5.41 Å². The number of hydrogen-bond donors (Lipinski definition) is 1. The molecule has 0 saturated heterocycles. The van der Waals surface area contributed by atoms with Crippen molar-refractivity contribution in [1.29, 1.82) is 0 Å². The van der Waals surface area contributed by atoms with Gasteiger partial charge in [0.05, 0.1) is 0 Å². The van der Waals surface area contributed by atoms with Gasteiger partial charge in [0.15, 0.2) is 0 Å². The fourth-order valence-electron chi connectivity index (χ4n) is 2.28. The van der Waals surface area contributed by atoms with Crippen LogP contribution in [0.5, 0.6) is 0 Å². The molecule has 1 fully saturated rings. The van der Waals surface area contributed by atoms with E-state index in [1.54, 1.807) is 0 Å². The molecule has 1 rings (SSSR count). The highest BCUT2D eigenvalue weighted by molar-refractivity contribution is 5.68. The fourth-order valence-corrected chi connectivity index (χ4v) is 2.28. The van der Waals surface area contributed by atoms with Gasteiger partial charge in [0.2, 0.25) is 0 Å². The fraction of sp³-hybridized carbons (Fsp3) is 0.923. The first-order chi connectivity index (χ1) is 7.20. The van der Waals surface area contributed by atoms with Crippen molar-refractivity contribution >= 4 is 6.09 Å². The lowest BCUT2D eigenvalue weighted by Crippen LogP contribution is -2.41. The number of amides is 1. The van der Waals surface area contributed by atoms with Crippen molar-refractivity contribution in [3.05, 3.63) is 0 Å². The molecule has 3 nitrogen and oxygen atoms in total. The maximum atomic E-state index is 11.5. The van der Waals surface area contributed by atoms with Crippen molar-refractivity contribution in [2.75, 3.05) is 0 Å². The second-order valence-corrected chi connectivity index (χ2v) is 6.42. The number of carbonyl (C=O) groups excluding carboxylic acids is 1. The second kappa shape index (κ2) is 4.64. The van der Waals surface area contributed by atoms with Crippen LogP contribution in [-0.2, 0) is 4.74 Å². The summed E-state index contributed by atoms with van der Waals surface area (Å²) in [6, 6.07) is 0.195. The van der Waals surface area contributed by atoms with E-state index in [-0.39, 0.29) is 12.1 Å². The Kier molecular flexibility index (Phi) is 3.87. The van der Waals surface area contributed by atoms with Gasteiger partial charge in [-0.25, -0.2) is 4.79 Å². The summed E-state index contributed by atoms with van der Waals surface area (Å²) in [6.45, 7) is 9.98. The van der Waals surface area contributed by atoms with Gasteiger partial charge in [0.25, 0.3) is 0 Å². The number of nitrogens with one attached hydrogen (secondary N) is 1. The lowest BCUT2D eigenvalue weighted by Gasteiger charge is -2.40. The maximum Gasteiger partial charge on any atom is 0.407 e. The number of ether oxygens (including phenoxy) is 1. The minimum absolute atomic E-state index is 0.195. The summed E-state index contributed by atoms with van der Waals surface area (Å²) in [7, 11) is 0. The number of alkyl carbamates (subject to hydrolysis) is 1. The van der Waals surface area contributed by atoms with Crippen LogP contribution in [0.1, 0.15) is 60.3 Å². The van der Waals surface area contributed by atoms with Crippen molar-refractivity contribution in [3.63, 3.8) is 0 Å². The van der Waals surface area contributed by atoms with Crippen LogP contribution < -0.4 is 5.32 Å². The van der Waals surface area contributed by atoms with E-state index in [4.69, 9.17) is 4.74 Å². The first-order valence-electron chi connectivity index (χ1n) is 6.20. The lowest BCUT2D eigenvalue weighted by molar-refractivity contribution is 0.0474. The van der Waals surface area contributed by atoms with E-state index < -0.39 is 5.60 Å². The summed E-state index contributed by atoms with van der Waals surface area (Å²) < 4.78 is 5.22. The van der Waals surface area contributed by atoms with Crippen molar-refractivity contribution in [2.24, 2.45) is 5.41 Å². The highest BCUT2D eigenvalue weighted by Crippen LogP contribution is 2.43. The summed E-state index contributed by atoms with van der Waals surface area (Å²) in [5.41, 5.74) is 0.0264. The summed E-state index contributed by atoms with van der Waals surface area (Å²) >= 11 is 0. The van der Waals surface area contributed by atoms with Crippen LogP contribution in [0.15, 0.2) is 0 Å². The highest BCUT2D eigenvalue weighted by Gasteiger charge is 2.33. The SMILES string of the molecule is C[C@@H](CC1(C)CCC1)NC(=O)OC(C)(C)C. The Morgan fingerprint density at radius 3 is 2.38 bits per heavy atom. The molecule has 0 unspecified atom stereocenters. The van der Waals surface area contributed by atoms with Gasteiger partial charge in [-0.2, -0.15) is 0 Å². The van der Waals surface area contributed by atoms with E-state index in [9.17, 15) is 4.79 Å². The molecule has 16 heavy (non-hydrogen) atoms.